The van der Waals surface area contributed by atoms with E-state index in [2.05, 4.69) is 16.3 Å². The minimum atomic E-state index is 0.953. The molecule has 0 bridgehead atoms. The maximum absolute atomic E-state index is 5.79. The van der Waals surface area contributed by atoms with E-state index in [4.69, 9.17) is 9.47 Å². The molecule has 0 atom stereocenters. The molecule has 0 spiro atoms. The van der Waals surface area contributed by atoms with Gasteiger partial charge in [-0.3, -0.25) is 4.90 Å². The number of benzene rings is 1. The van der Waals surface area contributed by atoms with Crippen molar-refractivity contribution in [3.8, 4) is 11.5 Å². The first-order valence-electron chi connectivity index (χ1n) is 8.02. The molecule has 1 fully saturated rings. The van der Waals surface area contributed by atoms with Crippen LogP contribution < -0.4 is 14.8 Å². The van der Waals surface area contributed by atoms with Crippen LogP contribution >= 0.6 is 0 Å². The van der Waals surface area contributed by atoms with E-state index in [0.29, 0.717) is 0 Å². The van der Waals surface area contributed by atoms with Crippen molar-refractivity contribution < 1.29 is 9.47 Å². The number of hydrogen-bond donors (Lipinski definition) is 1. The SMILES string of the molecule is COc1cc(CN2CCNCC2)c(OC)c2c1CCCC2. The molecular weight excluding hydrogens is 264 g/mol. The highest BCUT2D eigenvalue weighted by Gasteiger charge is 2.23. The van der Waals surface area contributed by atoms with Gasteiger partial charge >= 0.3 is 0 Å². The Morgan fingerprint density at radius 2 is 1.76 bits per heavy atom. The van der Waals surface area contributed by atoms with Gasteiger partial charge in [0.1, 0.15) is 11.5 Å². The van der Waals surface area contributed by atoms with Gasteiger partial charge in [-0.05, 0) is 31.7 Å². The Hall–Kier alpha value is -1.26. The quantitative estimate of drug-likeness (QED) is 0.919. The van der Waals surface area contributed by atoms with Gasteiger partial charge in [0.25, 0.3) is 0 Å². The third-order valence-electron chi connectivity index (χ3n) is 4.66. The lowest BCUT2D eigenvalue weighted by Crippen LogP contribution is -2.43. The van der Waals surface area contributed by atoms with Gasteiger partial charge in [-0.25, -0.2) is 0 Å². The maximum atomic E-state index is 5.79. The van der Waals surface area contributed by atoms with Crippen LogP contribution in [0.4, 0.5) is 0 Å². The molecule has 0 saturated carbocycles. The molecule has 4 nitrogen and oxygen atoms in total. The van der Waals surface area contributed by atoms with Crippen molar-refractivity contribution in [2.24, 2.45) is 0 Å². The van der Waals surface area contributed by atoms with Crippen molar-refractivity contribution in [1.82, 2.24) is 10.2 Å². The van der Waals surface area contributed by atoms with Crippen molar-refractivity contribution in [2.45, 2.75) is 32.2 Å². The van der Waals surface area contributed by atoms with Crippen LogP contribution in [0.3, 0.4) is 0 Å². The van der Waals surface area contributed by atoms with Gasteiger partial charge < -0.3 is 14.8 Å². The molecule has 1 aliphatic heterocycles. The van der Waals surface area contributed by atoms with Crippen LogP contribution in [0.2, 0.25) is 0 Å². The molecule has 1 aromatic rings. The number of methoxy groups -OCH3 is 2. The predicted octanol–water partition coefficient (Wildman–Crippen LogP) is 1.99. The fourth-order valence-electron chi connectivity index (χ4n) is 3.60. The molecular formula is C17H26N2O2. The Bertz CT molecular complexity index is 496. The maximum Gasteiger partial charge on any atom is 0.127 e. The van der Waals surface area contributed by atoms with Gasteiger partial charge in [0, 0.05) is 49.4 Å². The Labute approximate surface area is 127 Å². The second-order valence-corrected chi connectivity index (χ2v) is 5.96. The van der Waals surface area contributed by atoms with E-state index in [0.717, 1.165) is 57.1 Å². The summed E-state index contributed by atoms with van der Waals surface area (Å²) in [5.74, 6) is 2.15. The molecule has 21 heavy (non-hydrogen) atoms. The summed E-state index contributed by atoms with van der Waals surface area (Å²) < 4.78 is 11.4. The van der Waals surface area contributed by atoms with Gasteiger partial charge in [0.2, 0.25) is 0 Å². The molecule has 3 rings (SSSR count). The van der Waals surface area contributed by atoms with Crippen LogP contribution in [0.15, 0.2) is 6.07 Å². The first-order chi connectivity index (χ1) is 10.3. The summed E-state index contributed by atoms with van der Waals surface area (Å²) in [4.78, 5) is 2.49. The molecule has 1 saturated heterocycles. The molecule has 0 aromatic heterocycles. The zero-order chi connectivity index (χ0) is 14.7. The van der Waals surface area contributed by atoms with E-state index < -0.39 is 0 Å². The van der Waals surface area contributed by atoms with Gasteiger partial charge in [-0.15, -0.1) is 0 Å². The summed E-state index contributed by atoms with van der Waals surface area (Å²) in [6, 6.07) is 2.20. The second kappa shape index (κ2) is 6.67. The fraction of sp³-hybridized carbons (Fsp3) is 0.647. The van der Waals surface area contributed by atoms with Crippen molar-refractivity contribution in [1.29, 1.82) is 0 Å². The van der Waals surface area contributed by atoms with E-state index in [1.54, 1.807) is 14.2 Å². The zero-order valence-electron chi connectivity index (χ0n) is 13.2. The summed E-state index contributed by atoms with van der Waals surface area (Å²) in [6.45, 7) is 5.30. The van der Waals surface area contributed by atoms with E-state index in [1.807, 2.05) is 0 Å². The van der Waals surface area contributed by atoms with Gasteiger partial charge in [-0.1, -0.05) is 0 Å². The molecule has 0 unspecified atom stereocenters. The molecule has 1 aliphatic carbocycles. The summed E-state index contributed by atoms with van der Waals surface area (Å²) >= 11 is 0. The van der Waals surface area contributed by atoms with Crippen LogP contribution in [-0.2, 0) is 19.4 Å². The normalized spacial score (nSPS) is 19.1. The van der Waals surface area contributed by atoms with Crippen LogP contribution in [0, 0.1) is 0 Å². The van der Waals surface area contributed by atoms with Crippen LogP contribution in [0.25, 0.3) is 0 Å². The summed E-state index contributed by atoms with van der Waals surface area (Å²) in [5, 5.41) is 3.40. The lowest BCUT2D eigenvalue weighted by atomic mass is 9.88. The average Bonchev–Trinajstić information content (AvgIpc) is 2.55. The molecule has 0 amide bonds. The third kappa shape index (κ3) is 3.01. The minimum absolute atomic E-state index is 0.953. The predicted molar refractivity (Wildman–Crippen MR) is 84.3 cm³/mol. The second-order valence-electron chi connectivity index (χ2n) is 5.96. The van der Waals surface area contributed by atoms with Gasteiger partial charge in [-0.2, -0.15) is 0 Å². The van der Waals surface area contributed by atoms with E-state index in [1.165, 1.54) is 29.5 Å². The summed E-state index contributed by atoms with van der Waals surface area (Å²) in [7, 11) is 3.59. The minimum Gasteiger partial charge on any atom is -0.496 e. The first kappa shape index (κ1) is 14.7. The van der Waals surface area contributed by atoms with Crippen LogP contribution in [-0.4, -0.2) is 45.3 Å². The fourth-order valence-corrected chi connectivity index (χ4v) is 3.60. The summed E-state index contributed by atoms with van der Waals surface area (Å²) in [5.41, 5.74) is 4.02. The molecule has 1 aromatic carbocycles. The molecule has 4 heteroatoms. The number of nitrogens with zero attached hydrogens (tertiary/aromatic N) is 1. The highest BCUT2D eigenvalue weighted by atomic mass is 16.5. The number of fused-ring (bicyclic) bond motifs is 1. The van der Waals surface area contributed by atoms with E-state index >= 15 is 0 Å². The van der Waals surface area contributed by atoms with Gasteiger partial charge in [0.15, 0.2) is 0 Å². The average molecular weight is 290 g/mol. The zero-order valence-corrected chi connectivity index (χ0v) is 13.2. The molecule has 1 N–H and O–H groups in total. The van der Waals surface area contributed by atoms with Crippen molar-refractivity contribution in [2.75, 3.05) is 40.4 Å². The smallest absolute Gasteiger partial charge is 0.127 e. The Morgan fingerprint density at radius 1 is 1.05 bits per heavy atom. The molecule has 0 radical (unpaired) electrons. The summed E-state index contributed by atoms with van der Waals surface area (Å²) in [6.07, 6.45) is 4.74. The largest absolute Gasteiger partial charge is 0.496 e. The van der Waals surface area contributed by atoms with Crippen molar-refractivity contribution in [3.05, 3.63) is 22.8 Å². The molecule has 116 valence electrons. The number of ether oxygens (including phenoxy) is 2. The van der Waals surface area contributed by atoms with Crippen LogP contribution in [0.5, 0.6) is 11.5 Å². The number of nitrogens with one attached hydrogen (secondary N) is 1. The lowest BCUT2D eigenvalue weighted by Gasteiger charge is -2.29. The highest BCUT2D eigenvalue weighted by Crippen LogP contribution is 2.39. The van der Waals surface area contributed by atoms with Crippen molar-refractivity contribution >= 4 is 0 Å². The number of hydrogen-bond acceptors (Lipinski definition) is 4. The molecule has 1 heterocycles. The van der Waals surface area contributed by atoms with E-state index in [-0.39, 0.29) is 0 Å². The standard InChI is InChI=1S/C17H26N2O2/c1-20-16-11-13(12-19-9-7-18-8-10-19)17(21-2)15-6-4-3-5-14(15)16/h11,18H,3-10,12H2,1-2H3. The topological polar surface area (TPSA) is 33.7 Å². The lowest BCUT2D eigenvalue weighted by molar-refractivity contribution is 0.229. The van der Waals surface area contributed by atoms with Crippen molar-refractivity contribution in [3.63, 3.8) is 0 Å². The van der Waals surface area contributed by atoms with E-state index in [9.17, 15) is 0 Å². The highest BCUT2D eigenvalue weighted by molar-refractivity contribution is 5.54. The first-order valence-corrected chi connectivity index (χ1v) is 8.02. The number of rotatable bonds is 4. The van der Waals surface area contributed by atoms with Crippen LogP contribution in [0.1, 0.15) is 29.5 Å². The Kier molecular flexibility index (Phi) is 4.66. The monoisotopic (exact) mass is 290 g/mol. The Morgan fingerprint density at radius 3 is 2.43 bits per heavy atom. The third-order valence-corrected chi connectivity index (χ3v) is 4.66. The van der Waals surface area contributed by atoms with Gasteiger partial charge in [0.05, 0.1) is 14.2 Å². The Balaban J connectivity index is 1.94. The molecule has 2 aliphatic rings. The number of piperazine rings is 1.